The van der Waals surface area contributed by atoms with Gasteiger partial charge in [0.25, 0.3) is 0 Å². The van der Waals surface area contributed by atoms with Gasteiger partial charge in [-0.15, -0.1) is 0 Å². The fourth-order valence-corrected chi connectivity index (χ4v) is 1.84. The number of β-amino-alcohol motifs (C(OH)–C–C–N with tert-alkyl or cyclic N) is 1. The van der Waals surface area contributed by atoms with Gasteiger partial charge in [-0.2, -0.15) is 0 Å². The Balaban J connectivity index is 2.10. The Morgan fingerprint density at radius 3 is 2.47 bits per heavy atom. The van der Waals surface area contributed by atoms with Gasteiger partial charge in [0.15, 0.2) is 0 Å². The average Bonchev–Trinajstić information content (AvgIpc) is 2.14. The second-order valence-corrected chi connectivity index (χ2v) is 4.58. The van der Waals surface area contributed by atoms with Crippen LogP contribution in [0.2, 0.25) is 0 Å². The molecule has 1 saturated heterocycles. The molecule has 0 spiro atoms. The van der Waals surface area contributed by atoms with Gasteiger partial charge in [-0.05, 0) is 12.8 Å². The summed E-state index contributed by atoms with van der Waals surface area (Å²) >= 11 is 0. The lowest BCUT2D eigenvalue weighted by Gasteiger charge is -2.49. The van der Waals surface area contributed by atoms with E-state index in [1.807, 2.05) is 20.8 Å². The van der Waals surface area contributed by atoms with Crippen LogP contribution < -0.4 is 4.90 Å². The molecule has 82 valence electrons. The SMILES string of the molecule is Cc1nccnc1N1CC(O)(C(C)C)C1. The molecule has 0 aromatic carbocycles. The summed E-state index contributed by atoms with van der Waals surface area (Å²) < 4.78 is 0. The Hall–Kier alpha value is -1.16. The van der Waals surface area contributed by atoms with Gasteiger partial charge in [-0.1, -0.05) is 13.8 Å². The van der Waals surface area contributed by atoms with Crippen molar-refractivity contribution in [2.45, 2.75) is 26.4 Å². The van der Waals surface area contributed by atoms with E-state index in [1.165, 1.54) is 0 Å². The van der Waals surface area contributed by atoms with Crippen molar-refractivity contribution < 1.29 is 5.11 Å². The molecule has 0 aliphatic carbocycles. The second-order valence-electron chi connectivity index (χ2n) is 4.58. The molecule has 1 aliphatic rings. The first-order valence-electron chi connectivity index (χ1n) is 5.28. The highest BCUT2D eigenvalue weighted by Crippen LogP contribution is 2.32. The minimum Gasteiger partial charge on any atom is -0.386 e. The van der Waals surface area contributed by atoms with Gasteiger partial charge in [0, 0.05) is 12.4 Å². The molecular weight excluding hydrogens is 190 g/mol. The van der Waals surface area contributed by atoms with Gasteiger partial charge >= 0.3 is 0 Å². The van der Waals surface area contributed by atoms with Gasteiger partial charge in [0.05, 0.1) is 18.8 Å². The number of aryl methyl sites for hydroxylation is 1. The normalized spacial score (nSPS) is 19.1. The maximum Gasteiger partial charge on any atom is 0.150 e. The fourth-order valence-electron chi connectivity index (χ4n) is 1.84. The van der Waals surface area contributed by atoms with Crippen molar-refractivity contribution in [3.8, 4) is 0 Å². The third-order valence-electron chi connectivity index (χ3n) is 3.16. The lowest BCUT2D eigenvalue weighted by Crippen LogP contribution is -2.65. The molecule has 1 N–H and O–H groups in total. The molecule has 1 aliphatic heterocycles. The third-order valence-corrected chi connectivity index (χ3v) is 3.16. The Labute approximate surface area is 90.0 Å². The molecule has 0 bridgehead atoms. The van der Waals surface area contributed by atoms with E-state index in [2.05, 4.69) is 14.9 Å². The minimum absolute atomic E-state index is 0.283. The van der Waals surface area contributed by atoms with Crippen LogP contribution in [-0.4, -0.2) is 33.8 Å². The number of aliphatic hydroxyl groups is 1. The van der Waals surface area contributed by atoms with E-state index in [4.69, 9.17) is 0 Å². The molecule has 2 heterocycles. The summed E-state index contributed by atoms with van der Waals surface area (Å²) in [5.41, 5.74) is 0.368. The predicted octanol–water partition coefficient (Wildman–Crippen LogP) is 0.992. The number of nitrogens with zero attached hydrogens (tertiary/aromatic N) is 3. The summed E-state index contributed by atoms with van der Waals surface area (Å²) in [5.74, 6) is 1.17. The van der Waals surface area contributed by atoms with Crippen molar-refractivity contribution in [2.24, 2.45) is 5.92 Å². The van der Waals surface area contributed by atoms with E-state index in [0.717, 1.165) is 11.5 Å². The average molecular weight is 207 g/mol. The van der Waals surface area contributed by atoms with Gasteiger partial charge in [0.1, 0.15) is 11.4 Å². The van der Waals surface area contributed by atoms with E-state index < -0.39 is 5.60 Å². The smallest absolute Gasteiger partial charge is 0.150 e. The second kappa shape index (κ2) is 3.45. The predicted molar refractivity (Wildman–Crippen MR) is 58.8 cm³/mol. The zero-order chi connectivity index (χ0) is 11.1. The molecule has 1 aromatic rings. The topological polar surface area (TPSA) is 49.2 Å². The summed E-state index contributed by atoms with van der Waals surface area (Å²) in [6.45, 7) is 7.34. The lowest BCUT2D eigenvalue weighted by atomic mass is 9.83. The number of rotatable bonds is 2. The molecule has 1 fully saturated rings. The third kappa shape index (κ3) is 1.69. The molecule has 0 unspecified atom stereocenters. The van der Waals surface area contributed by atoms with E-state index in [0.29, 0.717) is 13.1 Å². The van der Waals surface area contributed by atoms with Crippen LogP contribution in [0.3, 0.4) is 0 Å². The van der Waals surface area contributed by atoms with Crippen molar-refractivity contribution in [3.05, 3.63) is 18.1 Å². The first-order chi connectivity index (χ1) is 7.03. The van der Waals surface area contributed by atoms with Crippen LogP contribution in [0.15, 0.2) is 12.4 Å². The largest absolute Gasteiger partial charge is 0.386 e. The molecule has 4 heteroatoms. The lowest BCUT2D eigenvalue weighted by molar-refractivity contribution is -0.0305. The van der Waals surface area contributed by atoms with Crippen molar-refractivity contribution >= 4 is 5.82 Å². The van der Waals surface area contributed by atoms with Crippen LogP contribution in [-0.2, 0) is 0 Å². The van der Waals surface area contributed by atoms with Crippen LogP contribution in [0, 0.1) is 12.8 Å². The van der Waals surface area contributed by atoms with Gasteiger partial charge in [0.2, 0.25) is 0 Å². The highest BCUT2D eigenvalue weighted by Gasteiger charge is 2.44. The van der Waals surface area contributed by atoms with Crippen molar-refractivity contribution in [1.82, 2.24) is 9.97 Å². The van der Waals surface area contributed by atoms with E-state index in [9.17, 15) is 5.11 Å². The van der Waals surface area contributed by atoms with E-state index in [1.54, 1.807) is 12.4 Å². The molecule has 15 heavy (non-hydrogen) atoms. The quantitative estimate of drug-likeness (QED) is 0.785. The van der Waals surface area contributed by atoms with E-state index in [-0.39, 0.29) is 5.92 Å². The van der Waals surface area contributed by atoms with Crippen LogP contribution >= 0.6 is 0 Å². The Morgan fingerprint density at radius 2 is 1.93 bits per heavy atom. The molecule has 0 radical (unpaired) electrons. The first kappa shape index (κ1) is 10.4. The maximum absolute atomic E-state index is 10.1. The monoisotopic (exact) mass is 207 g/mol. The van der Waals surface area contributed by atoms with Gasteiger partial charge in [-0.3, -0.25) is 4.98 Å². The van der Waals surface area contributed by atoms with Gasteiger partial charge in [-0.25, -0.2) is 4.98 Å². The fraction of sp³-hybridized carbons (Fsp3) is 0.636. The Kier molecular flexibility index (Phi) is 2.38. The van der Waals surface area contributed by atoms with Gasteiger partial charge < -0.3 is 10.0 Å². The Bertz CT molecular complexity index is 359. The van der Waals surface area contributed by atoms with E-state index >= 15 is 0 Å². The number of anilines is 1. The molecular formula is C11H17N3O. The first-order valence-corrected chi connectivity index (χ1v) is 5.28. The summed E-state index contributed by atoms with van der Waals surface area (Å²) in [6, 6.07) is 0. The van der Waals surface area contributed by atoms with Crippen molar-refractivity contribution in [2.75, 3.05) is 18.0 Å². The van der Waals surface area contributed by atoms with Crippen LogP contribution in [0.5, 0.6) is 0 Å². The minimum atomic E-state index is -0.552. The number of aromatic nitrogens is 2. The van der Waals surface area contributed by atoms with Crippen molar-refractivity contribution in [1.29, 1.82) is 0 Å². The maximum atomic E-state index is 10.1. The summed E-state index contributed by atoms with van der Waals surface area (Å²) in [5, 5.41) is 10.1. The molecule has 0 atom stereocenters. The van der Waals surface area contributed by atoms with Crippen LogP contribution in [0.4, 0.5) is 5.82 Å². The van der Waals surface area contributed by atoms with Crippen LogP contribution in [0.1, 0.15) is 19.5 Å². The standard InChI is InChI=1S/C11H17N3O/c1-8(2)11(15)6-14(7-11)10-9(3)12-4-5-13-10/h4-5,8,15H,6-7H2,1-3H3. The van der Waals surface area contributed by atoms with Crippen LogP contribution in [0.25, 0.3) is 0 Å². The zero-order valence-corrected chi connectivity index (χ0v) is 9.44. The molecule has 1 aromatic heterocycles. The summed E-state index contributed by atoms with van der Waals surface area (Å²) in [7, 11) is 0. The van der Waals surface area contributed by atoms with Crippen molar-refractivity contribution in [3.63, 3.8) is 0 Å². The molecule has 4 nitrogen and oxygen atoms in total. The molecule has 0 amide bonds. The summed E-state index contributed by atoms with van der Waals surface area (Å²) in [6.07, 6.45) is 3.38. The Morgan fingerprint density at radius 1 is 1.33 bits per heavy atom. The number of hydrogen-bond donors (Lipinski definition) is 1. The highest BCUT2D eigenvalue weighted by atomic mass is 16.3. The number of hydrogen-bond acceptors (Lipinski definition) is 4. The summed E-state index contributed by atoms with van der Waals surface area (Å²) in [4.78, 5) is 10.5. The molecule has 2 rings (SSSR count). The zero-order valence-electron chi connectivity index (χ0n) is 9.44. The molecule has 0 saturated carbocycles. The highest BCUT2D eigenvalue weighted by molar-refractivity contribution is 5.47.